The van der Waals surface area contributed by atoms with E-state index in [1.807, 2.05) is 19.1 Å². The quantitative estimate of drug-likeness (QED) is 0.579. The summed E-state index contributed by atoms with van der Waals surface area (Å²) in [6.07, 6.45) is 2.57. The van der Waals surface area contributed by atoms with Gasteiger partial charge >= 0.3 is 5.97 Å². The highest BCUT2D eigenvalue weighted by Gasteiger charge is 2.17. The second-order valence-corrected chi connectivity index (χ2v) is 8.71. The minimum Gasteiger partial charge on any atom is -0.462 e. The zero-order valence-electron chi connectivity index (χ0n) is 17.6. The summed E-state index contributed by atoms with van der Waals surface area (Å²) in [4.78, 5) is 23.9. The van der Waals surface area contributed by atoms with Gasteiger partial charge in [-0.2, -0.15) is 0 Å². The summed E-state index contributed by atoms with van der Waals surface area (Å²) in [6.45, 7) is 4.27. The molecule has 30 heavy (non-hydrogen) atoms. The third-order valence-corrected chi connectivity index (χ3v) is 5.67. The molecule has 0 unspecified atom stereocenters. The molecule has 0 saturated carbocycles. The summed E-state index contributed by atoms with van der Waals surface area (Å²) >= 11 is 0. The van der Waals surface area contributed by atoms with Crippen molar-refractivity contribution in [2.75, 3.05) is 29.0 Å². The Hall–Kier alpha value is -2.87. The van der Waals surface area contributed by atoms with E-state index in [1.165, 1.54) is 4.31 Å². The lowest BCUT2D eigenvalue weighted by Crippen LogP contribution is -2.31. The normalized spacial score (nSPS) is 11.0. The molecule has 7 nitrogen and oxygen atoms in total. The van der Waals surface area contributed by atoms with Crippen LogP contribution in [-0.4, -0.2) is 39.7 Å². The number of hydrogen-bond donors (Lipinski definition) is 1. The first-order chi connectivity index (χ1) is 14.2. The molecule has 0 fully saturated rings. The van der Waals surface area contributed by atoms with Gasteiger partial charge in [-0.15, -0.1) is 0 Å². The molecule has 0 aliphatic heterocycles. The number of anilines is 2. The summed E-state index contributed by atoms with van der Waals surface area (Å²) in [5.74, 6) is -0.642. The maximum Gasteiger partial charge on any atom is 0.338 e. The highest BCUT2D eigenvalue weighted by Crippen LogP contribution is 2.19. The Morgan fingerprint density at radius 2 is 1.63 bits per heavy atom. The van der Waals surface area contributed by atoms with Crippen molar-refractivity contribution < 1.29 is 22.7 Å². The Kier molecular flexibility index (Phi) is 8.41. The van der Waals surface area contributed by atoms with E-state index < -0.39 is 16.0 Å². The molecule has 0 aliphatic carbocycles. The molecule has 1 N–H and O–H groups in total. The average molecular weight is 433 g/mol. The maximum absolute atomic E-state index is 12.2. The molecule has 0 spiro atoms. The van der Waals surface area contributed by atoms with Gasteiger partial charge in [0.1, 0.15) is 0 Å². The summed E-state index contributed by atoms with van der Waals surface area (Å²) in [6, 6.07) is 13.8. The van der Waals surface area contributed by atoms with Crippen molar-refractivity contribution in [3.63, 3.8) is 0 Å². The molecule has 2 rings (SSSR count). The van der Waals surface area contributed by atoms with Gasteiger partial charge in [0.05, 0.1) is 24.1 Å². The van der Waals surface area contributed by atoms with Crippen LogP contribution in [-0.2, 0) is 26.0 Å². The van der Waals surface area contributed by atoms with Crippen LogP contribution in [0.25, 0.3) is 0 Å². The van der Waals surface area contributed by atoms with E-state index in [-0.39, 0.29) is 18.9 Å². The minimum atomic E-state index is -3.45. The van der Waals surface area contributed by atoms with Crippen LogP contribution in [0.5, 0.6) is 0 Å². The first kappa shape index (κ1) is 23.4. The second kappa shape index (κ2) is 10.8. The molecular weight excluding hydrogens is 404 g/mol. The van der Waals surface area contributed by atoms with Crippen molar-refractivity contribution in [1.29, 1.82) is 0 Å². The van der Waals surface area contributed by atoms with Crippen LogP contribution in [0.2, 0.25) is 0 Å². The molecule has 0 radical (unpaired) electrons. The van der Waals surface area contributed by atoms with E-state index in [1.54, 1.807) is 43.3 Å². The minimum absolute atomic E-state index is 0.165. The predicted molar refractivity (Wildman–Crippen MR) is 118 cm³/mol. The first-order valence-corrected chi connectivity index (χ1v) is 11.7. The molecule has 0 aromatic heterocycles. The summed E-state index contributed by atoms with van der Waals surface area (Å²) in [5.41, 5.74) is 2.68. The Morgan fingerprint density at radius 3 is 2.17 bits per heavy atom. The fourth-order valence-corrected chi connectivity index (χ4v) is 3.86. The van der Waals surface area contributed by atoms with Gasteiger partial charge in [0, 0.05) is 18.7 Å². The summed E-state index contributed by atoms with van der Waals surface area (Å²) in [5, 5.41) is 2.75. The number of nitrogens with one attached hydrogen (secondary N) is 1. The molecule has 162 valence electrons. The molecule has 0 bridgehead atoms. The zero-order chi connectivity index (χ0) is 22.1. The molecule has 0 heterocycles. The Morgan fingerprint density at radius 1 is 1.00 bits per heavy atom. The lowest BCUT2D eigenvalue weighted by Gasteiger charge is -2.22. The van der Waals surface area contributed by atoms with Crippen molar-refractivity contribution >= 4 is 33.3 Å². The van der Waals surface area contributed by atoms with Gasteiger partial charge in [-0.25, -0.2) is 13.2 Å². The average Bonchev–Trinajstić information content (AvgIpc) is 2.71. The number of aryl methyl sites for hydroxylation is 1. The molecule has 2 aromatic carbocycles. The number of rotatable bonds is 10. The molecule has 0 atom stereocenters. The van der Waals surface area contributed by atoms with E-state index in [0.29, 0.717) is 30.0 Å². The Bertz CT molecular complexity index is 954. The number of hydrogen-bond acceptors (Lipinski definition) is 5. The van der Waals surface area contributed by atoms with Gasteiger partial charge in [0.2, 0.25) is 15.9 Å². The third kappa shape index (κ3) is 6.88. The number of carbonyl (C=O) groups is 2. The van der Waals surface area contributed by atoms with Gasteiger partial charge in [0.25, 0.3) is 0 Å². The van der Waals surface area contributed by atoms with Gasteiger partial charge in [-0.3, -0.25) is 9.10 Å². The van der Waals surface area contributed by atoms with Crippen molar-refractivity contribution in [2.24, 2.45) is 0 Å². The van der Waals surface area contributed by atoms with Crippen molar-refractivity contribution in [1.82, 2.24) is 0 Å². The molecule has 0 aliphatic rings. The summed E-state index contributed by atoms with van der Waals surface area (Å²) in [7, 11) is -3.45. The number of amides is 1. The van der Waals surface area contributed by atoms with Crippen LogP contribution in [0.3, 0.4) is 0 Å². The van der Waals surface area contributed by atoms with Crippen LogP contribution >= 0.6 is 0 Å². The fourth-order valence-electron chi connectivity index (χ4n) is 2.90. The summed E-state index contributed by atoms with van der Waals surface area (Å²) < 4.78 is 30.6. The highest BCUT2D eigenvalue weighted by molar-refractivity contribution is 7.92. The van der Waals surface area contributed by atoms with E-state index in [0.717, 1.165) is 18.2 Å². The lowest BCUT2D eigenvalue weighted by molar-refractivity contribution is -0.116. The van der Waals surface area contributed by atoms with Crippen LogP contribution in [0, 0.1) is 0 Å². The van der Waals surface area contributed by atoms with Gasteiger partial charge < -0.3 is 10.1 Å². The van der Waals surface area contributed by atoms with Crippen LogP contribution < -0.4 is 9.62 Å². The number of carbonyl (C=O) groups excluding carboxylic acids is 2. The van der Waals surface area contributed by atoms with E-state index in [4.69, 9.17) is 4.74 Å². The van der Waals surface area contributed by atoms with E-state index in [2.05, 4.69) is 5.32 Å². The van der Waals surface area contributed by atoms with E-state index in [9.17, 15) is 18.0 Å². The van der Waals surface area contributed by atoms with Gasteiger partial charge in [-0.1, -0.05) is 19.1 Å². The molecular formula is C22H28N2O5S. The standard InChI is InChI=1S/C22H28N2O5S/c1-4-17-8-14-20(15-9-17)24(30(3,27)28)16-6-7-21(25)23-19-12-10-18(11-13-19)22(26)29-5-2/h8-15H,4-7,16H2,1-3H3,(H,23,25). The smallest absolute Gasteiger partial charge is 0.338 e. The SMILES string of the molecule is CCOC(=O)c1ccc(NC(=O)CCCN(c2ccc(CC)cc2)S(C)(=O)=O)cc1. The number of sulfonamides is 1. The molecule has 2 aromatic rings. The number of esters is 1. The Labute approximate surface area is 178 Å². The topological polar surface area (TPSA) is 92.8 Å². The number of nitrogens with zero attached hydrogens (tertiary/aromatic N) is 1. The molecule has 8 heteroatoms. The number of ether oxygens (including phenoxy) is 1. The molecule has 0 saturated heterocycles. The van der Waals surface area contributed by atoms with Gasteiger partial charge in [0.15, 0.2) is 0 Å². The van der Waals surface area contributed by atoms with Crippen molar-refractivity contribution in [3.05, 3.63) is 59.7 Å². The fraction of sp³-hybridized carbons (Fsp3) is 0.364. The van der Waals surface area contributed by atoms with Crippen LogP contribution in [0.1, 0.15) is 42.6 Å². The molecule has 1 amide bonds. The highest BCUT2D eigenvalue weighted by atomic mass is 32.2. The van der Waals surface area contributed by atoms with Crippen molar-refractivity contribution in [3.8, 4) is 0 Å². The monoisotopic (exact) mass is 432 g/mol. The number of benzene rings is 2. The van der Waals surface area contributed by atoms with E-state index >= 15 is 0 Å². The zero-order valence-corrected chi connectivity index (χ0v) is 18.4. The largest absolute Gasteiger partial charge is 0.462 e. The third-order valence-electron chi connectivity index (χ3n) is 4.48. The first-order valence-electron chi connectivity index (χ1n) is 9.88. The maximum atomic E-state index is 12.2. The lowest BCUT2D eigenvalue weighted by atomic mass is 10.1. The predicted octanol–water partition coefficient (Wildman–Crippen LogP) is 3.61. The van der Waals surface area contributed by atoms with Gasteiger partial charge in [-0.05, 0) is 61.7 Å². The second-order valence-electron chi connectivity index (χ2n) is 6.80. The van der Waals surface area contributed by atoms with Crippen LogP contribution in [0.15, 0.2) is 48.5 Å². The van der Waals surface area contributed by atoms with Crippen molar-refractivity contribution in [2.45, 2.75) is 33.1 Å². The Balaban J connectivity index is 1.91. The van der Waals surface area contributed by atoms with Crippen LogP contribution in [0.4, 0.5) is 11.4 Å².